The van der Waals surface area contributed by atoms with Gasteiger partial charge in [0.2, 0.25) is 11.8 Å². The summed E-state index contributed by atoms with van der Waals surface area (Å²) in [5, 5.41) is 12.0. The van der Waals surface area contributed by atoms with Crippen LogP contribution in [-0.4, -0.2) is 16.9 Å². The predicted octanol–water partition coefficient (Wildman–Crippen LogP) is 0.905. The second-order valence-corrected chi connectivity index (χ2v) is 3.54. The molecule has 1 aromatic rings. The molecule has 16 heavy (non-hydrogen) atoms. The average Bonchev–Trinajstić information content (AvgIpc) is 2.20. The van der Waals surface area contributed by atoms with Gasteiger partial charge in [0.25, 0.3) is 0 Å². The Labute approximate surface area is 93.3 Å². The summed E-state index contributed by atoms with van der Waals surface area (Å²) in [6.45, 7) is 1.85. The quantitative estimate of drug-likeness (QED) is 0.661. The van der Waals surface area contributed by atoms with Gasteiger partial charge in [0.15, 0.2) is 0 Å². The molecule has 0 heterocycles. The summed E-state index contributed by atoms with van der Waals surface area (Å²) in [5.74, 6) is -0.874. The lowest BCUT2D eigenvalue weighted by Crippen LogP contribution is -2.17. The molecule has 0 aliphatic carbocycles. The highest BCUT2D eigenvalue weighted by molar-refractivity contribution is 5.94. The van der Waals surface area contributed by atoms with Gasteiger partial charge in [0.1, 0.15) is 5.75 Å². The van der Waals surface area contributed by atoms with Gasteiger partial charge in [-0.3, -0.25) is 9.59 Å². The Morgan fingerprint density at radius 3 is 2.69 bits per heavy atom. The van der Waals surface area contributed by atoms with E-state index in [1.165, 1.54) is 6.07 Å². The topological polar surface area (TPSA) is 92.4 Å². The number of nitrogens with two attached hydrogens (primary N) is 1. The maximum Gasteiger partial charge on any atom is 0.224 e. The van der Waals surface area contributed by atoms with E-state index >= 15 is 0 Å². The van der Waals surface area contributed by atoms with Gasteiger partial charge in [-0.15, -0.1) is 0 Å². The average molecular weight is 222 g/mol. The van der Waals surface area contributed by atoms with E-state index in [9.17, 15) is 14.7 Å². The predicted molar refractivity (Wildman–Crippen MR) is 59.9 cm³/mol. The first-order valence-corrected chi connectivity index (χ1v) is 4.87. The Hall–Kier alpha value is -2.04. The molecule has 0 aliphatic rings. The highest BCUT2D eigenvalue weighted by Crippen LogP contribution is 2.23. The molecule has 0 atom stereocenters. The minimum absolute atomic E-state index is 0.00158. The van der Waals surface area contributed by atoms with Gasteiger partial charge in [-0.25, -0.2) is 0 Å². The molecule has 1 aromatic carbocycles. The molecular formula is C11H14N2O3. The summed E-state index contributed by atoms with van der Waals surface area (Å²) < 4.78 is 0. The van der Waals surface area contributed by atoms with Crippen molar-refractivity contribution in [2.24, 2.45) is 5.73 Å². The van der Waals surface area contributed by atoms with Crippen LogP contribution >= 0.6 is 0 Å². The lowest BCUT2D eigenvalue weighted by atomic mass is 10.2. The highest BCUT2D eigenvalue weighted by Gasteiger charge is 2.07. The summed E-state index contributed by atoms with van der Waals surface area (Å²) in [5.41, 5.74) is 6.18. The third-order valence-corrected chi connectivity index (χ3v) is 2.02. The second-order valence-electron chi connectivity index (χ2n) is 3.54. The van der Waals surface area contributed by atoms with Crippen molar-refractivity contribution in [3.8, 4) is 5.75 Å². The van der Waals surface area contributed by atoms with Crippen molar-refractivity contribution in [1.82, 2.24) is 0 Å². The standard InChI is InChI=1S/C11H14N2O3/c1-7-2-3-9(14)8(6-7)13-11(16)5-4-10(12)15/h2-3,6,14H,4-5H2,1H3,(H2,12,15)(H,13,16). The minimum atomic E-state index is -0.524. The molecule has 86 valence electrons. The monoisotopic (exact) mass is 222 g/mol. The summed E-state index contributed by atoms with van der Waals surface area (Å²) in [4.78, 5) is 21.8. The molecule has 5 heteroatoms. The maximum absolute atomic E-state index is 11.4. The van der Waals surface area contributed by atoms with Crippen LogP contribution in [-0.2, 0) is 9.59 Å². The number of nitrogens with one attached hydrogen (secondary N) is 1. The number of hydrogen-bond acceptors (Lipinski definition) is 3. The van der Waals surface area contributed by atoms with Gasteiger partial charge in [-0.05, 0) is 24.6 Å². The normalized spacial score (nSPS) is 9.81. The number of benzene rings is 1. The second kappa shape index (κ2) is 5.16. The largest absolute Gasteiger partial charge is 0.506 e. The molecule has 4 N–H and O–H groups in total. The number of phenolic OH excluding ortho intramolecular Hbond substituents is 1. The van der Waals surface area contributed by atoms with E-state index in [-0.39, 0.29) is 24.5 Å². The highest BCUT2D eigenvalue weighted by atomic mass is 16.3. The van der Waals surface area contributed by atoms with E-state index < -0.39 is 5.91 Å². The third-order valence-electron chi connectivity index (χ3n) is 2.02. The van der Waals surface area contributed by atoms with Gasteiger partial charge in [-0.2, -0.15) is 0 Å². The molecule has 0 unspecified atom stereocenters. The summed E-state index contributed by atoms with van der Waals surface area (Å²) in [6.07, 6.45) is 0.0150. The van der Waals surface area contributed by atoms with Gasteiger partial charge < -0.3 is 16.2 Å². The lowest BCUT2D eigenvalue weighted by molar-refractivity contribution is -0.122. The zero-order valence-electron chi connectivity index (χ0n) is 8.99. The molecular weight excluding hydrogens is 208 g/mol. The molecule has 0 saturated heterocycles. The molecule has 2 amide bonds. The Morgan fingerprint density at radius 2 is 2.06 bits per heavy atom. The number of aryl methyl sites for hydroxylation is 1. The summed E-state index contributed by atoms with van der Waals surface area (Å²) in [7, 11) is 0. The molecule has 0 spiro atoms. The van der Waals surface area contributed by atoms with Gasteiger partial charge in [0, 0.05) is 12.8 Å². The van der Waals surface area contributed by atoms with Crippen LogP contribution < -0.4 is 11.1 Å². The number of hydrogen-bond donors (Lipinski definition) is 3. The molecule has 0 aliphatic heterocycles. The van der Waals surface area contributed by atoms with E-state index in [2.05, 4.69) is 5.32 Å². The zero-order valence-corrected chi connectivity index (χ0v) is 8.99. The van der Waals surface area contributed by atoms with E-state index in [0.29, 0.717) is 5.69 Å². The number of rotatable bonds is 4. The van der Waals surface area contributed by atoms with Crippen LogP contribution in [0.5, 0.6) is 5.75 Å². The minimum Gasteiger partial charge on any atom is -0.506 e. The SMILES string of the molecule is Cc1ccc(O)c(NC(=O)CCC(N)=O)c1. The van der Waals surface area contributed by atoms with Crippen LogP contribution in [0.2, 0.25) is 0 Å². The number of primary amides is 1. The van der Waals surface area contributed by atoms with Crippen molar-refractivity contribution in [3.63, 3.8) is 0 Å². The van der Waals surface area contributed by atoms with Crippen molar-refractivity contribution >= 4 is 17.5 Å². The molecule has 1 rings (SSSR count). The Bertz CT molecular complexity index is 416. The number of amides is 2. The number of aromatic hydroxyl groups is 1. The van der Waals surface area contributed by atoms with Crippen LogP contribution in [0.15, 0.2) is 18.2 Å². The van der Waals surface area contributed by atoms with Crippen LogP contribution in [0.3, 0.4) is 0 Å². The maximum atomic E-state index is 11.4. The number of carbonyl (C=O) groups is 2. The van der Waals surface area contributed by atoms with E-state index in [4.69, 9.17) is 5.73 Å². The van der Waals surface area contributed by atoms with Crippen molar-refractivity contribution in [1.29, 1.82) is 0 Å². The number of anilines is 1. The van der Waals surface area contributed by atoms with Crippen molar-refractivity contribution in [3.05, 3.63) is 23.8 Å². The van der Waals surface area contributed by atoms with Crippen molar-refractivity contribution < 1.29 is 14.7 Å². The Kier molecular flexibility index (Phi) is 3.88. The number of carbonyl (C=O) groups excluding carboxylic acids is 2. The fraction of sp³-hybridized carbons (Fsp3) is 0.273. The van der Waals surface area contributed by atoms with Crippen molar-refractivity contribution in [2.45, 2.75) is 19.8 Å². The molecule has 0 aromatic heterocycles. The van der Waals surface area contributed by atoms with Crippen LogP contribution in [0.4, 0.5) is 5.69 Å². The van der Waals surface area contributed by atoms with Gasteiger partial charge in [0.05, 0.1) is 5.69 Å². The van der Waals surface area contributed by atoms with Gasteiger partial charge >= 0.3 is 0 Å². The molecule has 0 saturated carbocycles. The fourth-order valence-corrected chi connectivity index (χ4v) is 1.20. The first-order valence-electron chi connectivity index (χ1n) is 4.87. The van der Waals surface area contributed by atoms with Crippen molar-refractivity contribution in [2.75, 3.05) is 5.32 Å². The summed E-state index contributed by atoms with van der Waals surface area (Å²) >= 11 is 0. The number of phenols is 1. The fourth-order valence-electron chi connectivity index (χ4n) is 1.20. The van der Waals surface area contributed by atoms with Gasteiger partial charge in [-0.1, -0.05) is 6.07 Å². The smallest absolute Gasteiger partial charge is 0.224 e. The van der Waals surface area contributed by atoms with Crippen LogP contribution in [0.1, 0.15) is 18.4 Å². The first kappa shape index (κ1) is 12.0. The van der Waals surface area contributed by atoms with E-state index in [1.54, 1.807) is 12.1 Å². The Morgan fingerprint density at radius 1 is 1.38 bits per heavy atom. The molecule has 5 nitrogen and oxygen atoms in total. The van der Waals surface area contributed by atoms with Crippen LogP contribution in [0.25, 0.3) is 0 Å². The van der Waals surface area contributed by atoms with E-state index in [0.717, 1.165) is 5.56 Å². The molecule has 0 fully saturated rings. The summed E-state index contributed by atoms with van der Waals surface area (Å²) in [6, 6.07) is 4.88. The Balaban J connectivity index is 2.62. The van der Waals surface area contributed by atoms with E-state index in [1.807, 2.05) is 6.92 Å². The zero-order chi connectivity index (χ0) is 12.1. The molecule has 0 radical (unpaired) electrons. The first-order chi connectivity index (χ1) is 7.49. The third kappa shape index (κ3) is 3.61. The lowest BCUT2D eigenvalue weighted by Gasteiger charge is -2.07. The van der Waals surface area contributed by atoms with Crippen LogP contribution in [0, 0.1) is 6.92 Å². The molecule has 0 bridgehead atoms.